The lowest BCUT2D eigenvalue weighted by atomic mass is 10.2. The zero-order valence-electron chi connectivity index (χ0n) is 11.5. The molecule has 1 fully saturated rings. The predicted octanol–water partition coefficient (Wildman–Crippen LogP) is 3.07. The Labute approximate surface area is 122 Å². The van der Waals surface area contributed by atoms with Crippen molar-refractivity contribution in [1.29, 1.82) is 0 Å². The van der Waals surface area contributed by atoms with Crippen LogP contribution in [0, 0.1) is 0 Å². The number of thiazole rings is 1. The minimum Gasteiger partial charge on any atom is -0.493 e. The van der Waals surface area contributed by atoms with Gasteiger partial charge in [-0.05, 0) is 25.0 Å². The zero-order chi connectivity index (χ0) is 13.9. The first-order valence-corrected chi connectivity index (χ1v) is 7.58. The van der Waals surface area contributed by atoms with E-state index in [9.17, 15) is 0 Å². The van der Waals surface area contributed by atoms with Gasteiger partial charge in [-0.15, -0.1) is 11.3 Å². The molecule has 0 unspecified atom stereocenters. The van der Waals surface area contributed by atoms with Crippen molar-refractivity contribution in [3.63, 3.8) is 0 Å². The molecule has 2 N–H and O–H groups in total. The fraction of sp³-hybridized carbons (Fsp3) is 0.400. The highest BCUT2D eigenvalue weighted by molar-refractivity contribution is 7.11. The molecule has 0 saturated heterocycles. The first kappa shape index (κ1) is 13.4. The summed E-state index contributed by atoms with van der Waals surface area (Å²) in [7, 11) is 1.64. The van der Waals surface area contributed by atoms with Gasteiger partial charge in [-0.3, -0.25) is 0 Å². The second kappa shape index (κ2) is 5.81. The summed E-state index contributed by atoms with van der Waals surface area (Å²) in [5.41, 5.74) is 6.98. The van der Waals surface area contributed by atoms with Gasteiger partial charge in [-0.1, -0.05) is 12.1 Å². The number of nitrogens with two attached hydrogens (primary N) is 1. The summed E-state index contributed by atoms with van der Waals surface area (Å²) in [6.45, 7) is 1.03. The Bertz CT molecular complexity index is 593. The lowest BCUT2D eigenvalue weighted by molar-refractivity contribution is 0.284. The summed E-state index contributed by atoms with van der Waals surface area (Å²) >= 11 is 1.66. The number of para-hydroxylation sites is 2. The Morgan fingerprint density at radius 1 is 1.30 bits per heavy atom. The van der Waals surface area contributed by atoms with E-state index in [1.165, 1.54) is 23.4 Å². The lowest BCUT2D eigenvalue weighted by Gasteiger charge is -2.08. The van der Waals surface area contributed by atoms with Gasteiger partial charge in [-0.2, -0.15) is 0 Å². The third-order valence-electron chi connectivity index (χ3n) is 3.34. The molecule has 20 heavy (non-hydrogen) atoms. The van der Waals surface area contributed by atoms with Gasteiger partial charge in [0.15, 0.2) is 11.5 Å². The summed E-state index contributed by atoms with van der Waals surface area (Å²) < 4.78 is 11.1. The van der Waals surface area contributed by atoms with Crippen molar-refractivity contribution in [2.24, 2.45) is 5.73 Å². The van der Waals surface area contributed by atoms with Crippen LogP contribution in [0.2, 0.25) is 0 Å². The molecular weight excluding hydrogens is 272 g/mol. The zero-order valence-corrected chi connectivity index (χ0v) is 12.3. The molecule has 1 aliphatic rings. The van der Waals surface area contributed by atoms with Crippen LogP contribution in [0.3, 0.4) is 0 Å². The number of methoxy groups -OCH3 is 1. The highest BCUT2D eigenvalue weighted by Gasteiger charge is 2.29. The van der Waals surface area contributed by atoms with Gasteiger partial charge in [0.1, 0.15) is 11.6 Å². The molecule has 1 aliphatic carbocycles. The second-order valence-electron chi connectivity index (χ2n) is 4.83. The number of hydrogen-bond donors (Lipinski definition) is 1. The van der Waals surface area contributed by atoms with E-state index in [1.54, 1.807) is 18.4 Å². The molecule has 1 saturated carbocycles. The summed E-state index contributed by atoms with van der Waals surface area (Å²) in [6.07, 6.45) is 2.48. The van der Waals surface area contributed by atoms with Crippen molar-refractivity contribution in [2.75, 3.05) is 7.11 Å². The van der Waals surface area contributed by atoms with E-state index in [1.807, 2.05) is 24.3 Å². The Kier molecular flexibility index (Phi) is 3.89. The molecule has 1 aromatic heterocycles. The van der Waals surface area contributed by atoms with E-state index >= 15 is 0 Å². The van der Waals surface area contributed by atoms with Crippen molar-refractivity contribution in [2.45, 2.75) is 31.9 Å². The molecule has 5 heteroatoms. The molecule has 0 atom stereocenters. The third-order valence-corrected chi connectivity index (χ3v) is 4.41. The second-order valence-corrected chi connectivity index (χ2v) is 6.00. The van der Waals surface area contributed by atoms with E-state index in [2.05, 4.69) is 4.98 Å². The van der Waals surface area contributed by atoms with Crippen LogP contribution in [0.1, 0.15) is 34.3 Å². The lowest BCUT2D eigenvalue weighted by Crippen LogP contribution is -1.98. The molecule has 0 bridgehead atoms. The Morgan fingerprint density at radius 2 is 2.05 bits per heavy atom. The maximum Gasteiger partial charge on any atom is 0.161 e. The minimum atomic E-state index is 0.463. The van der Waals surface area contributed by atoms with Crippen LogP contribution >= 0.6 is 11.3 Å². The number of aromatic nitrogens is 1. The number of benzene rings is 1. The van der Waals surface area contributed by atoms with Gasteiger partial charge >= 0.3 is 0 Å². The van der Waals surface area contributed by atoms with Crippen LogP contribution in [-0.2, 0) is 13.2 Å². The van der Waals surface area contributed by atoms with Gasteiger partial charge in [-0.25, -0.2) is 4.98 Å². The normalized spacial score (nSPS) is 14.3. The van der Waals surface area contributed by atoms with Gasteiger partial charge in [0.2, 0.25) is 0 Å². The Morgan fingerprint density at radius 3 is 2.70 bits per heavy atom. The largest absolute Gasteiger partial charge is 0.493 e. The average molecular weight is 290 g/mol. The van der Waals surface area contributed by atoms with Gasteiger partial charge in [0.25, 0.3) is 0 Å². The maximum absolute atomic E-state index is 5.81. The monoisotopic (exact) mass is 290 g/mol. The number of hydrogen-bond acceptors (Lipinski definition) is 5. The van der Waals surface area contributed by atoms with E-state index in [4.69, 9.17) is 15.2 Å². The SMILES string of the molecule is COc1ccccc1OCc1nc(C2CC2)c(CN)s1. The number of ether oxygens (including phenoxy) is 2. The summed E-state index contributed by atoms with van der Waals surface area (Å²) in [4.78, 5) is 5.89. The topological polar surface area (TPSA) is 57.4 Å². The highest BCUT2D eigenvalue weighted by Crippen LogP contribution is 2.42. The van der Waals surface area contributed by atoms with Crippen LogP contribution < -0.4 is 15.2 Å². The molecule has 0 spiro atoms. The minimum absolute atomic E-state index is 0.463. The molecule has 1 heterocycles. The number of rotatable bonds is 6. The van der Waals surface area contributed by atoms with Crippen LogP contribution in [0.5, 0.6) is 11.5 Å². The van der Waals surface area contributed by atoms with E-state index in [0.717, 1.165) is 16.5 Å². The number of nitrogens with zero attached hydrogens (tertiary/aromatic N) is 1. The Hall–Kier alpha value is -1.59. The molecular formula is C15H18N2O2S. The van der Waals surface area contributed by atoms with Crippen LogP contribution in [0.4, 0.5) is 0 Å². The summed E-state index contributed by atoms with van der Waals surface area (Å²) in [6, 6.07) is 7.64. The standard InChI is InChI=1S/C15H18N2O2S/c1-18-11-4-2-3-5-12(11)19-9-14-17-15(10-6-7-10)13(8-16)20-14/h2-5,10H,6-9,16H2,1H3. The van der Waals surface area contributed by atoms with Crippen LogP contribution in [0.25, 0.3) is 0 Å². The van der Waals surface area contributed by atoms with Crippen molar-refractivity contribution < 1.29 is 9.47 Å². The van der Waals surface area contributed by atoms with E-state index < -0.39 is 0 Å². The van der Waals surface area contributed by atoms with Gasteiger partial charge < -0.3 is 15.2 Å². The third kappa shape index (κ3) is 2.78. The smallest absolute Gasteiger partial charge is 0.161 e. The van der Waals surface area contributed by atoms with Crippen LogP contribution in [0.15, 0.2) is 24.3 Å². The van der Waals surface area contributed by atoms with Crippen molar-refractivity contribution in [1.82, 2.24) is 4.98 Å². The fourth-order valence-electron chi connectivity index (χ4n) is 2.18. The van der Waals surface area contributed by atoms with Gasteiger partial charge in [0.05, 0.1) is 12.8 Å². The van der Waals surface area contributed by atoms with Crippen molar-refractivity contribution in [3.05, 3.63) is 39.8 Å². The Balaban J connectivity index is 1.72. The van der Waals surface area contributed by atoms with Crippen molar-refractivity contribution in [3.8, 4) is 11.5 Å². The quantitative estimate of drug-likeness (QED) is 0.888. The molecule has 0 aliphatic heterocycles. The van der Waals surface area contributed by atoms with E-state index in [-0.39, 0.29) is 0 Å². The molecule has 3 rings (SSSR count). The van der Waals surface area contributed by atoms with Crippen molar-refractivity contribution >= 4 is 11.3 Å². The highest BCUT2D eigenvalue weighted by atomic mass is 32.1. The molecule has 0 radical (unpaired) electrons. The summed E-state index contributed by atoms with van der Waals surface area (Å²) in [5.74, 6) is 2.11. The summed E-state index contributed by atoms with van der Waals surface area (Å²) in [5, 5.41) is 0.984. The van der Waals surface area contributed by atoms with E-state index in [0.29, 0.717) is 19.1 Å². The average Bonchev–Trinajstić information content (AvgIpc) is 3.25. The molecule has 0 amide bonds. The van der Waals surface area contributed by atoms with Crippen LogP contribution in [-0.4, -0.2) is 12.1 Å². The fourth-order valence-corrected chi connectivity index (χ4v) is 3.12. The molecule has 4 nitrogen and oxygen atoms in total. The molecule has 106 valence electrons. The first-order valence-electron chi connectivity index (χ1n) is 6.76. The first-order chi connectivity index (χ1) is 9.81. The maximum atomic E-state index is 5.81. The molecule has 1 aromatic carbocycles. The predicted molar refractivity (Wildman–Crippen MR) is 79.3 cm³/mol. The molecule has 2 aromatic rings. The van der Waals surface area contributed by atoms with Gasteiger partial charge in [0, 0.05) is 17.3 Å².